The molecule has 19 heavy (non-hydrogen) atoms. The Hall–Kier alpha value is -1.32. The summed E-state index contributed by atoms with van der Waals surface area (Å²) in [5, 5.41) is 1.19. The van der Waals surface area contributed by atoms with Gasteiger partial charge in [-0.05, 0) is 43.9 Å². The van der Waals surface area contributed by atoms with Gasteiger partial charge in [0.1, 0.15) is 5.82 Å². The minimum Gasteiger partial charge on any atom is -0.383 e. The number of hydrogen-bond acceptors (Lipinski definition) is 3. The Kier molecular flexibility index (Phi) is 3.33. The van der Waals surface area contributed by atoms with Crippen molar-refractivity contribution >= 4 is 29.0 Å². The molecule has 0 fully saturated rings. The molecule has 0 aliphatic heterocycles. The second kappa shape index (κ2) is 4.99. The molecule has 3 rings (SSSR count). The molecule has 0 atom stereocenters. The van der Waals surface area contributed by atoms with Gasteiger partial charge in [0, 0.05) is 21.8 Å². The van der Waals surface area contributed by atoms with E-state index < -0.39 is 0 Å². The lowest BCUT2D eigenvalue weighted by Crippen LogP contribution is -2.11. The molecule has 1 aromatic carbocycles. The van der Waals surface area contributed by atoms with Gasteiger partial charge in [-0.3, -0.25) is 0 Å². The Morgan fingerprint density at radius 3 is 2.68 bits per heavy atom. The maximum Gasteiger partial charge on any atom is 0.163 e. The van der Waals surface area contributed by atoms with Crippen molar-refractivity contribution in [2.75, 3.05) is 5.73 Å². The number of fused-ring (bicyclic) bond motifs is 1. The van der Waals surface area contributed by atoms with Crippen molar-refractivity contribution in [2.24, 2.45) is 0 Å². The fourth-order valence-corrected chi connectivity index (χ4v) is 2.79. The lowest BCUT2D eigenvalue weighted by Gasteiger charge is -2.17. The lowest BCUT2D eigenvalue weighted by atomic mass is 9.96. The molecule has 3 nitrogen and oxygen atoms in total. The molecule has 2 N–H and O–H groups in total. The average molecular weight is 294 g/mol. The summed E-state index contributed by atoms with van der Waals surface area (Å²) in [4.78, 5) is 8.99. The topological polar surface area (TPSA) is 51.8 Å². The van der Waals surface area contributed by atoms with Gasteiger partial charge in [0.05, 0.1) is 5.02 Å². The van der Waals surface area contributed by atoms with E-state index in [2.05, 4.69) is 9.97 Å². The molecule has 1 aliphatic rings. The Morgan fingerprint density at radius 1 is 1.05 bits per heavy atom. The van der Waals surface area contributed by atoms with Crippen molar-refractivity contribution in [1.82, 2.24) is 9.97 Å². The first-order valence-corrected chi connectivity index (χ1v) is 7.01. The van der Waals surface area contributed by atoms with Crippen LogP contribution in [0.15, 0.2) is 18.2 Å². The molecule has 98 valence electrons. The summed E-state index contributed by atoms with van der Waals surface area (Å²) in [6.45, 7) is 0. The molecule has 1 heterocycles. The van der Waals surface area contributed by atoms with E-state index in [1.54, 1.807) is 18.2 Å². The molecular formula is C14H13Cl2N3. The van der Waals surface area contributed by atoms with E-state index in [9.17, 15) is 0 Å². The second-order valence-corrected chi connectivity index (χ2v) is 5.53. The first kappa shape index (κ1) is 12.7. The van der Waals surface area contributed by atoms with E-state index in [0.717, 1.165) is 42.5 Å². The third-order valence-electron chi connectivity index (χ3n) is 3.38. The van der Waals surface area contributed by atoms with Gasteiger partial charge < -0.3 is 5.73 Å². The van der Waals surface area contributed by atoms with Gasteiger partial charge in [0.15, 0.2) is 5.82 Å². The highest BCUT2D eigenvalue weighted by Gasteiger charge is 2.18. The number of rotatable bonds is 1. The van der Waals surface area contributed by atoms with Crippen molar-refractivity contribution in [1.29, 1.82) is 0 Å². The Labute approximate surface area is 121 Å². The number of aromatic nitrogens is 2. The van der Waals surface area contributed by atoms with Crippen molar-refractivity contribution in [3.8, 4) is 11.4 Å². The number of anilines is 1. The van der Waals surface area contributed by atoms with Crippen LogP contribution in [0.1, 0.15) is 24.1 Å². The summed E-state index contributed by atoms with van der Waals surface area (Å²) in [5.41, 5.74) is 8.91. The number of nitrogen functional groups attached to an aromatic ring is 1. The van der Waals surface area contributed by atoms with Gasteiger partial charge in [0.2, 0.25) is 0 Å². The molecule has 1 aromatic heterocycles. The van der Waals surface area contributed by atoms with E-state index >= 15 is 0 Å². The van der Waals surface area contributed by atoms with Crippen molar-refractivity contribution < 1.29 is 0 Å². The molecule has 2 aromatic rings. The summed E-state index contributed by atoms with van der Waals surface area (Å²) in [6, 6.07) is 5.27. The van der Waals surface area contributed by atoms with Crippen molar-refractivity contribution in [3.05, 3.63) is 39.5 Å². The lowest BCUT2D eigenvalue weighted by molar-refractivity contribution is 0.666. The predicted octanol–water partition coefficient (Wildman–Crippen LogP) is 3.91. The summed E-state index contributed by atoms with van der Waals surface area (Å²) < 4.78 is 0. The Bertz CT molecular complexity index is 641. The highest BCUT2D eigenvalue weighted by atomic mass is 35.5. The third kappa shape index (κ3) is 2.40. The molecule has 0 bridgehead atoms. The number of aryl methyl sites for hydroxylation is 1. The standard InChI is InChI=1S/C14H13Cl2N3/c15-8-5-6-11(16)10(7-8)14-18-12-4-2-1-3-9(12)13(17)19-14/h5-7H,1-4H2,(H2,17,18,19). The van der Waals surface area contributed by atoms with Crippen LogP contribution in [0.5, 0.6) is 0 Å². The van der Waals surface area contributed by atoms with Crippen LogP contribution in [0.2, 0.25) is 10.0 Å². The highest BCUT2D eigenvalue weighted by molar-refractivity contribution is 6.35. The molecule has 0 amide bonds. The fourth-order valence-electron chi connectivity index (χ4n) is 2.41. The molecule has 0 radical (unpaired) electrons. The predicted molar refractivity (Wildman–Crippen MR) is 78.5 cm³/mol. The van der Waals surface area contributed by atoms with Crippen molar-refractivity contribution in [3.63, 3.8) is 0 Å². The van der Waals surface area contributed by atoms with Crippen LogP contribution < -0.4 is 5.73 Å². The van der Waals surface area contributed by atoms with Crippen LogP contribution in [-0.2, 0) is 12.8 Å². The zero-order valence-electron chi connectivity index (χ0n) is 10.3. The number of nitrogens with two attached hydrogens (primary N) is 1. The first-order valence-electron chi connectivity index (χ1n) is 6.26. The van der Waals surface area contributed by atoms with Gasteiger partial charge in [-0.15, -0.1) is 0 Å². The van der Waals surface area contributed by atoms with Gasteiger partial charge in [-0.2, -0.15) is 0 Å². The molecule has 0 unspecified atom stereocenters. The molecule has 5 heteroatoms. The average Bonchev–Trinajstić information content (AvgIpc) is 2.41. The first-order chi connectivity index (χ1) is 9.15. The largest absolute Gasteiger partial charge is 0.383 e. The SMILES string of the molecule is Nc1nc(-c2cc(Cl)ccc2Cl)nc2c1CCCC2. The molecule has 1 aliphatic carbocycles. The Balaban J connectivity index is 2.15. The molecule has 0 saturated heterocycles. The minimum atomic E-state index is 0.561. The van der Waals surface area contributed by atoms with E-state index in [1.807, 2.05) is 0 Å². The highest BCUT2D eigenvalue weighted by Crippen LogP contribution is 2.31. The van der Waals surface area contributed by atoms with E-state index in [4.69, 9.17) is 28.9 Å². The Morgan fingerprint density at radius 2 is 1.84 bits per heavy atom. The summed E-state index contributed by atoms with van der Waals surface area (Å²) in [7, 11) is 0. The van der Waals surface area contributed by atoms with E-state index in [0.29, 0.717) is 21.7 Å². The number of benzene rings is 1. The van der Waals surface area contributed by atoms with Gasteiger partial charge in [0.25, 0.3) is 0 Å². The second-order valence-electron chi connectivity index (χ2n) is 4.69. The zero-order valence-corrected chi connectivity index (χ0v) is 11.8. The molecular weight excluding hydrogens is 281 g/mol. The normalized spacial score (nSPS) is 14.2. The van der Waals surface area contributed by atoms with Crippen LogP contribution in [0.4, 0.5) is 5.82 Å². The fraction of sp³-hybridized carbons (Fsp3) is 0.286. The van der Waals surface area contributed by atoms with Crippen molar-refractivity contribution in [2.45, 2.75) is 25.7 Å². The van der Waals surface area contributed by atoms with E-state index in [-0.39, 0.29) is 0 Å². The number of halogens is 2. The molecule has 0 saturated carbocycles. The minimum absolute atomic E-state index is 0.561. The van der Waals surface area contributed by atoms with E-state index in [1.165, 1.54) is 0 Å². The van der Waals surface area contributed by atoms with Gasteiger partial charge in [-0.25, -0.2) is 9.97 Å². The third-order valence-corrected chi connectivity index (χ3v) is 3.95. The van der Waals surface area contributed by atoms with Crippen LogP contribution >= 0.6 is 23.2 Å². The van der Waals surface area contributed by atoms with Crippen LogP contribution in [0.3, 0.4) is 0 Å². The smallest absolute Gasteiger partial charge is 0.163 e. The van der Waals surface area contributed by atoms with Crippen LogP contribution in [-0.4, -0.2) is 9.97 Å². The van der Waals surface area contributed by atoms with Gasteiger partial charge in [-0.1, -0.05) is 23.2 Å². The maximum absolute atomic E-state index is 6.19. The van der Waals surface area contributed by atoms with Gasteiger partial charge >= 0.3 is 0 Å². The summed E-state index contributed by atoms with van der Waals surface area (Å²) in [5.74, 6) is 1.13. The molecule has 0 spiro atoms. The quantitative estimate of drug-likeness (QED) is 0.867. The zero-order chi connectivity index (χ0) is 13.4. The van der Waals surface area contributed by atoms with Crippen LogP contribution in [0.25, 0.3) is 11.4 Å². The summed E-state index contributed by atoms with van der Waals surface area (Å²) >= 11 is 12.2. The monoisotopic (exact) mass is 293 g/mol. The maximum atomic E-state index is 6.19. The number of nitrogens with zero attached hydrogens (tertiary/aromatic N) is 2. The number of hydrogen-bond donors (Lipinski definition) is 1. The summed E-state index contributed by atoms with van der Waals surface area (Å²) in [6.07, 6.45) is 4.21. The van der Waals surface area contributed by atoms with Crippen LogP contribution in [0, 0.1) is 0 Å².